The van der Waals surface area contributed by atoms with Crippen molar-refractivity contribution in [2.45, 2.75) is 39.5 Å². The molecule has 100 valence electrons. The minimum absolute atomic E-state index is 0.242. The van der Waals surface area contributed by atoms with Crippen LogP contribution in [0.5, 0.6) is 0 Å². The number of ether oxygens (including phenoxy) is 1. The van der Waals surface area contributed by atoms with Crippen LogP contribution >= 0.6 is 11.3 Å². The summed E-state index contributed by atoms with van der Waals surface area (Å²) in [7, 11) is 0. The molecule has 1 aromatic heterocycles. The maximum absolute atomic E-state index is 11.8. The largest absolute Gasteiger partial charge is 0.462 e. The Morgan fingerprint density at radius 3 is 2.61 bits per heavy atom. The Morgan fingerprint density at radius 1 is 1.33 bits per heavy atom. The Kier molecular flexibility index (Phi) is 4.58. The van der Waals surface area contributed by atoms with Gasteiger partial charge in [-0.15, -0.1) is 0 Å². The maximum Gasteiger partial charge on any atom is 0.350 e. The number of rotatable bonds is 3. The third-order valence-corrected chi connectivity index (χ3v) is 4.32. The van der Waals surface area contributed by atoms with Crippen LogP contribution in [0.3, 0.4) is 0 Å². The van der Waals surface area contributed by atoms with Crippen LogP contribution in [0.4, 0.5) is 5.13 Å². The molecule has 0 amide bonds. The second-order valence-electron chi connectivity index (χ2n) is 4.53. The van der Waals surface area contributed by atoms with Gasteiger partial charge in [-0.3, -0.25) is 0 Å². The van der Waals surface area contributed by atoms with E-state index < -0.39 is 0 Å². The Morgan fingerprint density at radius 2 is 2.00 bits per heavy atom. The van der Waals surface area contributed by atoms with E-state index in [4.69, 9.17) is 4.74 Å². The quantitative estimate of drug-likeness (QED) is 0.790. The smallest absolute Gasteiger partial charge is 0.350 e. The lowest BCUT2D eigenvalue weighted by atomic mass is 10.2. The summed E-state index contributed by atoms with van der Waals surface area (Å²) in [5.41, 5.74) is 0.790. The zero-order valence-electron chi connectivity index (χ0n) is 11.1. The molecule has 0 radical (unpaired) electrons. The van der Waals surface area contributed by atoms with Crippen LogP contribution in [0.15, 0.2) is 0 Å². The molecule has 0 saturated carbocycles. The molecule has 0 aliphatic carbocycles. The van der Waals surface area contributed by atoms with Gasteiger partial charge in [0.15, 0.2) is 5.13 Å². The highest BCUT2D eigenvalue weighted by Crippen LogP contribution is 2.28. The van der Waals surface area contributed by atoms with Gasteiger partial charge in [0.1, 0.15) is 4.88 Å². The number of nitrogens with zero attached hydrogens (tertiary/aromatic N) is 2. The van der Waals surface area contributed by atoms with Crippen molar-refractivity contribution in [2.24, 2.45) is 0 Å². The molecule has 0 unspecified atom stereocenters. The number of thiazole rings is 1. The number of carbonyl (C=O) groups is 1. The summed E-state index contributed by atoms with van der Waals surface area (Å²) in [5, 5.41) is 0.970. The summed E-state index contributed by atoms with van der Waals surface area (Å²) >= 11 is 1.46. The van der Waals surface area contributed by atoms with E-state index in [2.05, 4.69) is 9.88 Å². The highest BCUT2D eigenvalue weighted by Gasteiger charge is 2.20. The molecular formula is C13H20N2O2S. The fraction of sp³-hybridized carbons (Fsp3) is 0.692. The molecule has 1 aliphatic rings. The number of carbonyl (C=O) groups excluding carboxylic acids is 1. The second-order valence-corrected chi connectivity index (χ2v) is 5.51. The molecule has 0 spiro atoms. The van der Waals surface area contributed by atoms with Crippen molar-refractivity contribution >= 4 is 22.4 Å². The first-order valence-electron chi connectivity index (χ1n) is 6.62. The van der Waals surface area contributed by atoms with Crippen LogP contribution in [-0.4, -0.2) is 30.6 Å². The van der Waals surface area contributed by atoms with E-state index in [1.807, 2.05) is 13.8 Å². The van der Waals surface area contributed by atoms with E-state index in [0.29, 0.717) is 11.5 Å². The summed E-state index contributed by atoms with van der Waals surface area (Å²) in [4.78, 5) is 19.2. The van der Waals surface area contributed by atoms with Crippen molar-refractivity contribution in [3.8, 4) is 0 Å². The van der Waals surface area contributed by atoms with E-state index in [1.54, 1.807) is 0 Å². The molecule has 1 fully saturated rings. The van der Waals surface area contributed by atoms with E-state index in [-0.39, 0.29) is 5.97 Å². The third kappa shape index (κ3) is 3.02. The molecule has 2 heterocycles. The van der Waals surface area contributed by atoms with Crippen molar-refractivity contribution in [3.63, 3.8) is 0 Å². The zero-order valence-corrected chi connectivity index (χ0v) is 11.9. The van der Waals surface area contributed by atoms with Crippen molar-refractivity contribution in [2.75, 3.05) is 24.6 Å². The number of aromatic nitrogens is 1. The molecule has 5 heteroatoms. The number of esters is 1. The highest BCUT2D eigenvalue weighted by atomic mass is 32.1. The van der Waals surface area contributed by atoms with Crippen molar-refractivity contribution in [3.05, 3.63) is 10.6 Å². The minimum Gasteiger partial charge on any atom is -0.462 e. The first-order chi connectivity index (χ1) is 8.72. The lowest BCUT2D eigenvalue weighted by molar-refractivity contribution is 0.0531. The molecule has 0 N–H and O–H groups in total. The Bertz CT molecular complexity index is 409. The molecule has 1 aliphatic heterocycles. The third-order valence-electron chi connectivity index (χ3n) is 3.12. The molecule has 0 atom stereocenters. The average molecular weight is 268 g/mol. The van der Waals surface area contributed by atoms with Gasteiger partial charge in [0.25, 0.3) is 0 Å². The van der Waals surface area contributed by atoms with E-state index >= 15 is 0 Å². The highest BCUT2D eigenvalue weighted by molar-refractivity contribution is 7.17. The van der Waals surface area contributed by atoms with Crippen LogP contribution < -0.4 is 4.90 Å². The first kappa shape index (κ1) is 13.3. The maximum atomic E-state index is 11.8. The average Bonchev–Trinajstić information content (AvgIpc) is 2.58. The zero-order chi connectivity index (χ0) is 13.0. The number of aryl methyl sites for hydroxylation is 1. The summed E-state index contributed by atoms with van der Waals surface area (Å²) < 4.78 is 5.05. The van der Waals surface area contributed by atoms with E-state index in [1.165, 1.54) is 37.0 Å². The minimum atomic E-state index is -0.242. The van der Waals surface area contributed by atoms with Gasteiger partial charge in [-0.1, -0.05) is 24.2 Å². The van der Waals surface area contributed by atoms with Crippen LogP contribution in [0.25, 0.3) is 0 Å². The summed E-state index contributed by atoms with van der Waals surface area (Å²) in [5.74, 6) is -0.242. The van der Waals surface area contributed by atoms with Gasteiger partial charge in [0.2, 0.25) is 0 Å². The Labute approximate surface area is 112 Å². The Balaban J connectivity index is 2.14. The van der Waals surface area contributed by atoms with E-state index in [9.17, 15) is 4.79 Å². The predicted octanol–water partition coefficient (Wildman–Crippen LogP) is 3.01. The lowest BCUT2D eigenvalue weighted by Crippen LogP contribution is -2.23. The molecule has 0 aromatic carbocycles. The molecule has 4 nitrogen and oxygen atoms in total. The van der Waals surface area contributed by atoms with Crippen molar-refractivity contribution in [1.82, 2.24) is 4.98 Å². The fourth-order valence-corrected chi connectivity index (χ4v) is 3.18. The van der Waals surface area contributed by atoms with Crippen molar-refractivity contribution in [1.29, 1.82) is 0 Å². The Hall–Kier alpha value is -1.10. The molecule has 1 saturated heterocycles. The number of hydrogen-bond acceptors (Lipinski definition) is 5. The van der Waals surface area contributed by atoms with Crippen LogP contribution in [0.1, 0.15) is 48.0 Å². The SMILES string of the molecule is CCOC(=O)c1sc(N2CCCCCC2)nc1C. The number of hydrogen-bond donors (Lipinski definition) is 0. The van der Waals surface area contributed by atoms with Gasteiger partial charge >= 0.3 is 5.97 Å². The fourth-order valence-electron chi connectivity index (χ4n) is 2.17. The molecule has 0 bridgehead atoms. The van der Waals surface area contributed by atoms with Gasteiger partial charge in [-0.2, -0.15) is 0 Å². The summed E-state index contributed by atoms with van der Waals surface area (Å²) in [6.45, 7) is 6.22. The second kappa shape index (κ2) is 6.18. The lowest BCUT2D eigenvalue weighted by Gasteiger charge is -2.18. The van der Waals surface area contributed by atoms with Crippen LogP contribution in [-0.2, 0) is 4.74 Å². The first-order valence-corrected chi connectivity index (χ1v) is 7.43. The van der Waals surface area contributed by atoms with Gasteiger partial charge in [-0.05, 0) is 26.7 Å². The van der Waals surface area contributed by atoms with Crippen LogP contribution in [0, 0.1) is 6.92 Å². The summed E-state index contributed by atoms with van der Waals surface area (Å²) in [6, 6.07) is 0. The summed E-state index contributed by atoms with van der Waals surface area (Å²) in [6.07, 6.45) is 5.03. The molecule has 1 aromatic rings. The predicted molar refractivity (Wildman–Crippen MR) is 73.5 cm³/mol. The number of anilines is 1. The monoisotopic (exact) mass is 268 g/mol. The van der Waals surface area contributed by atoms with Gasteiger partial charge < -0.3 is 9.64 Å². The molecule has 18 heavy (non-hydrogen) atoms. The molecular weight excluding hydrogens is 248 g/mol. The van der Waals surface area contributed by atoms with Gasteiger partial charge in [0.05, 0.1) is 12.3 Å². The van der Waals surface area contributed by atoms with Crippen molar-refractivity contribution < 1.29 is 9.53 Å². The standard InChI is InChI=1S/C13H20N2O2S/c1-3-17-12(16)11-10(2)14-13(18-11)15-8-6-4-5-7-9-15/h3-9H2,1-2H3. The van der Waals surface area contributed by atoms with Gasteiger partial charge in [0, 0.05) is 13.1 Å². The topological polar surface area (TPSA) is 42.4 Å². The van der Waals surface area contributed by atoms with Gasteiger partial charge in [-0.25, -0.2) is 9.78 Å². The van der Waals surface area contributed by atoms with E-state index in [0.717, 1.165) is 23.9 Å². The normalized spacial score (nSPS) is 16.4. The van der Waals surface area contributed by atoms with Crippen LogP contribution in [0.2, 0.25) is 0 Å². The molecule has 2 rings (SSSR count).